The van der Waals surface area contributed by atoms with Gasteiger partial charge < -0.3 is 10.5 Å². The summed E-state index contributed by atoms with van der Waals surface area (Å²) in [6.07, 6.45) is 2.73. The number of amides is 1. The number of carbonyl (C=O) groups excluding carboxylic acids is 1. The zero-order valence-corrected chi connectivity index (χ0v) is 17.7. The Bertz CT molecular complexity index is 1010. The second kappa shape index (κ2) is 9.04. The number of carbonyl (C=O) groups is 1. The zero-order valence-electron chi connectivity index (χ0n) is 17.7. The lowest BCUT2D eigenvalue weighted by Gasteiger charge is -2.27. The Morgan fingerprint density at radius 3 is 2.00 bits per heavy atom. The molecule has 3 aromatic carbocycles. The molecule has 3 aromatic rings. The minimum atomic E-state index is -1.12. The molecule has 2 N–H and O–H groups in total. The van der Waals surface area contributed by atoms with Crippen molar-refractivity contribution in [2.24, 2.45) is 10.7 Å². The monoisotopic (exact) mass is 413 g/mol. The quantitative estimate of drug-likeness (QED) is 0.565. The number of methoxy groups -OCH3 is 1. The number of nitrogens with zero attached hydrogens (tertiary/aromatic N) is 2. The van der Waals surface area contributed by atoms with Crippen LogP contribution in [0.1, 0.15) is 29.5 Å². The first-order valence-electron chi connectivity index (χ1n) is 10.6. The summed E-state index contributed by atoms with van der Waals surface area (Å²) in [5.41, 5.74) is 8.07. The Morgan fingerprint density at radius 1 is 0.871 bits per heavy atom. The van der Waals surface area contributed by atoms with Crippen molar-refractivity contribution in [2.45, 2.75) is 24.8 Å². The smallest absolute Gasteiger partial charge is 0.266 e. The van der Waals surface area contributed by atoms with Gasteiger partial charge in [-0.25, -0.2) is 4.99 Å². The van der Waals surface area contributed by atoms with Gasteiger partial charge in [-0.2, -0.15) is 0 Å². The van der Waals surface area contributed by atoms with E-state index in [2.05, 4.69) is 12.1 Å². The maximum Gasteiger partial charge on any atom is 0.266 e. The molecule has 31 heavy (non-hydrogen) atoms. The van der Waals surface area contributed by atoms with Crippen LogP contribution in [0, 0.1) is 0 Å². The maximum atomic E-state index is 13.7. The van der Waals surface area contributed by atoms with Crippen molar-refractivity contribution in [3.8, 4) is 5.75 Å². The number of benzene rings is 3. The summed E-state index contributed by atoms with van der Waals surface area (Å²) >= 11 is 0. The van der Waals surface area contributed by atoms with Crippen LogP contribution in [-0.4, -0.2) is 30.4 Å². The molecule has 4 rings (SSSR count). The van der Waals surface area contributed by atoms with Crippen LogP contribution in [0.5, 0.6) is 5.75 Å². The normalized spacial score (nSPS) is 15.1. The van der Waals surface area contributed by atoms with Gasteiger partial charge in [-0.15, -0.1) is 0 Å². The van der Waals surface area contributed by atoms with E-state index in [9.17, 15) is 4.79 Å². The van der Waals surface area contributed by atoms with E-state index >= 15 is 0 Å². The minimum absolute atomic E-state index is 0.0909. The number of hydrogen-bond donors (Lipinski definition) is 1. The third kappa shape index (κ3) is 4.04. The first kappa shape index (κ1) is 20.7. The standard InChI is InChI=1S/C26H27N3O2/c1-31-23-17-15-20(16-18-23)10-8-9-19-29-24(30)26(28-25(29)27,21-11-4-2-5-12-21)22-13-6-3-7-14-22/h2-7,11-18H,8-10,19H2,1H3,(H2,27,28). The molecule has 0 saturated carbocycles. The molecule has 0 radical (unpaired) electrons. The van der Waals surface area contributed by atoms with Gasteiger partial charge in [0.25, 0.3) is 5.91 Å². The van der Waals surface area contributed by atoms with Crippen molar-refractivity contribution >= 4 is 11.9 Å². The molecule has 0 unspecified atom stereocenters. The van der Waals surface area contributed by atoms with E-state index in [1.165, 1.54) is 5.56 Å². The molecule has 158 valence electrons. The van der Waals surface area contributed by atoms with Gasteiger partial charge in [0, 0.05) is 6.54 Å². The Hall–Kier alpha value is -3.60. The molecule has 0 atom stereocenters. The number of ether oxygens (including phenoxy) is 1. The molecule has 0 spiro atoms. The summed E-state index contributed by atoms with van der Waals surface area (Å²) in [7, 11) is 1.67. The van der Waals surface area contributed by atoms with Gasteiger partial charge in [0.2, 0.25) is 0 Å². The summed E-state index contributed by atoms with van der Waals surface area (Å²) in [5, 5.41) is 0. The van der Waals surface area contributed by atoms with E-state index in [1.807, 2.05) is 72.8 Å². The lowest BCUT2D eigenvalue weighted by atomic mass is 9.83. The van der Waals surface area contributed by atoms with Crippen LogP contribution in [0.25, 0.3) is 0 Å². The first-order valence-corrected chi connectivity index (χ1v) is 10.6. The first-order chi connectivity index (χ1) is 15.1. The van der Waals surface area contributed by atoms with Gasteiger partial charge >= 0.3 is 0 Å². The largest absolute Gasteiger partial charge is 0.497 e. The second-order valence-electron chi connectivity index (χ2n) is 7.67. The molecule has 1 heterocycles. The number of nitrogens with two attached hydrogens (primary N) is 1. The fourth-order valence-corrected chi connectivity index (χ4v) is 4.09. The third-order valence-corrected chi connectivity index (χ3v) is 5.75. The van der Waals surface area contributed by atoms with E-state index in [0.717, 1.165) is 36.1 Å². The second-order valence-corrected chi connectivity index (χ2v) is 7.67. The molecule has 0 bridgehead atoms. The van der Waals surface area contributed by atoms with Crippen molar-refractivity contribution in [3.63, 3.8) is 0 Å². The van der Waals surface area contributed by atoms with E-state index in [4.69, 9.17) is 15.5 Å². The lowest BCUT2D eigenvalue weighted by Crippen LogP contribution is -2.44. The van der Waals surface area contributed by atoms with Gasteiger partial charge in [0.15, 0.2) is 11.5 Å². The van der Waals surface area contributed by atoms with Crippen LogP contribution >= 0.6 is 0 Å². The SMILES string of the molecule is COc1ccc(CCCCN2C(=O)C(c3ccccc3)(c3ccccc3)N=C2N)cc1. The van der Waals surface area contributed by atoms with Crippen molar-refractivity contribution < 1.29 is 9.53 Å². The van der Waals surface area contributed by atoms with E-state index < -0.39 is 5.54 Å². The lowest BCUT2D eigenvalue weighted by molar-refractivity contribution is -0.130. The molecule has 5 heteroatoms. The van der Waals surface area contributed by atoms with Crippen LogP contribution in [0.3, 0.4) is 0 Å². The van der Waals surface area contributed by atoms with Crippen molar-refractivity contribution in [2.75, 3.05) is 13.7 Å². The molecule has 0 aromatic heterocycles. The predicted octanol–water partition coefficient (Wildman–Crippen LogP) is 4.12. The average molecular weight is 414 g/mol. The topological polar surface area (TPSA) is 67.9 Å². The zero-order chi connectivity index (χ0) is 21.7. The number of rotatable bonds is 8. The molecular weight excluding hydrogens is 386 g/mol. The third-order valence-electron chi connectivity index (χ3n) is 5.75. The van der Waals surface area contributed by atoms with Gasteiger partial charge in [-0.05, 0) is 48.1 Å². The number of guanidine groups is 1. The Balaban J connectivity index is 1.49. The van der Waals surface area contributed by atoms with Crippen LogP contribution in [0.2, 0.25) is 0 Å². The van der Waals surface area contributed by atoms with Crippen LogP contribution in [0.15, 0.2) is 89.9 Å². The highest BCUT2D eigenvalue weighted by molar-refractivity contribution is 6.09. The molecule has 0 saturated heterocycles. The van der Waals surface area contributed by atoms with Crippen LogP contribution in [0.4, 0.5) is 0 Å². The fraction of sp³-hybridized carbons (Fsp3) is 0.231. The van der Waals surface area contributed by atoms with Gasteiger partial charge in [0.05, 0.1) is 7.11 Å². The Kier molecular flexibility index (Phi) is 6.03. The van der Waals surface area contributed by atoms with E-state index in [-0.39, 0.29) is 11.9 Å². The molecule has 0 fully saturated rings. The van der Waals surface area contributed by atoms with Crippen molar-refractivity contribution in [1.82, 2.24) is 4.90 Å². The molecule has 1 aliphatic heterocycles. The number of hydrogen-bond acceptors (Lipinski definition) is 4. The highest BCUT2D eigenvalue weighted by Gasteiger charge is 2.50. The van der Waals surface area contributed by atoms with E-state index in [0.29, 0.717) is 6.54 Å². The number of aliphatic imine (C=N–C) groups is 1. The summed E-state index contributed by atoms with van der Waals surface area (Å²) in [6.45, 7) is 0.547. The van der Waals surface area contributed by atoms with Gasteiger partial charge in [-0.3, -0.25) is 9.69 Å². The van der Waals surface area contributed by atoms with E-state index in [1.54, 1.807) is 12.0 Å². The summed E-state index contributed by atoms with van der Waals surface area (Å²) < 4.78 is 5.21. The summed E-state index contributed by atoms with van der Waals surface area (Å²) in [4.78, 5) is 20.1. The molecule has 1 aliphatic rings. The Morgan fingerprint density at radius 2 is 1.45 bits per heavy atom. The molecule has 5 nitrogen and oxygen atoms in total. The highest BCUT2D eigenvalue weighted by atomic mass is 16.5. The fourth-order valence-electron chi connectivity index (χ4n) is 4.09. The average Bonchev–Trinajstić information content (AvgIpc) is 3.09. The maximum absolute atomic E-state index is 13.7. The minimum Gasteiger partial charge on any atom is -0.497 e. The Labute approximate surface area is 183 Å². The molecule has 1 amide bonds. The van der Waals surface area contributed by atoms with Crippen LogP contribution in [-0.2, 0) is 16.8 Å². The summed E-state index contributed by atoms with van der Waals surface area (Å²) in [6, 6.07) is 27.4. The number of unbranched alkanes of at least 4 members (excludes halogenated alkanes) is 1. The molecular formula is C26H27N3O2. The van der Waals surface area contributed by atoms with Crippen LogP contribution < -0.4 is 10.5 Å². The van der Waals surface area contributed by atoms with Crippen molar-refractivity contribution in [3.05, 3.63) is 102 Å². The van der Waals surface area contributed by atoms with Crippen molar-refractivity contribution in [1.29, 1.82) is 0 Å². The van der Waals surface area contributed by atoms with Gasteiger partial charge in [-0.1, -0.05) is 72.8 Å². The molecule has 0 aliphatic carbocycles. The van der Waals surface area contributed by atoms with Gasteiger partial charge in [0.1, 0.15) is 5.75 Å². The summed E-state index contributed by atoms with van der Waals surface area (Å²) in [5.74, 6) is 1.04. The number of aryl methyl sites for hydroxylation is 1. The highest BCUT2D eigenvalue weighted by Crippen LogP contribution is 2.39. The predicted molar refractivity (Wildman–Crippen MR) is 123 cm³/mol.